The highest BCUT2D eigenvalue weighted by Gasteiger charge is 2.41. The normalized spacial score (nSPS) is 24.5. The second-order valence-corrected chi connectivity index (χ2v) is 7.76. The second kappa shape index (κ2) is 7.18. The third kappa shape index (κ3) is 3.58. The minimum Gasteiger partial charge on any atom is -0.361 e. The molecule has 2 heterocycles. The molecule has 1 atom stereocenters. The predicted molar refractivity (Wildman–Crippen MR) is 94.3 cm³/mol. The minimum absolute atomic E-state index is 0.0600. The first kappa shape index (κ1) is 18.0. The predicted octanol–water partition coefficient (Wildman–Crippen LogP) is 2.85. The molecule has 3 rings (SSSR count). The van der Waals surface area contributed by atoms with Gasteiger partial charge in [0.2, 0.25) is 5.91 Å². The van der Waals surface area contributed by atoms with Crippen LogP contribution in [0, 0.1) is 12.3 Å². The van der Waals surface area contributed by atoms with E-state index in [4.69, 9.17) is 4.52 Å². The number of aryl methyl sites for hydroxylation is 2. The Labute approximate surface area is 149 Å². The largest absolute Gasteiger partial charge is 0.361 e. The van der Waals surface area contributed by atoms with Crippen LogP contribution in [-0.2, 0) is 11.2 Å². The van der Waals surface area contributed by atoms with Crippen molar-refractivity contribution in [3.05, 3.63) is 17.0 Å². The third-order valence-electron chi connectivity index (χ3n) is 5.70. The number of rotatable bonds is 4. The molecule has 6 nitrogen and oxygen atoms in total. The van der Waals surface area contributed by atoms with E-state index in [1.165, 1.54) is 12.8 Å². The van der Waals surface area contributed by atoms with Gasteiger partial charge in [-0.15, -0.1) is 0 Å². The molecule has 138 valence electrons. The lowest BCUT2D eigenvalue weighted by Crippen LogP contribution is -2.53. The Balaban J connectivity index is 1.72. The number of piperidine rings is 1. The summed E-state index contributed by atoms with van der Waals surface area (Å²) in [5.74, 6) is 0.592. The van der Waals surface area contributed by atoms with Crippen LogP contribution in [-0.4, -0.2) is 41.0 Å². The molecule has 1 aliphatic heterocycles. The average molecular weight is 347 g/mol. The van der Waals surface area contributed by atoms with Gasteiger partial charge in [0.05, 0.1) is 11.1 Å². The van der Waals surface area contributed by atoms with Gasteiger partial charge in [0.15, 0.2) is 0 Å². The van der Waals surface area contributed by atoms with Crippen LogP contribution in [0.3, 0.4) is 0 Å². The molecule has 0 spiro atoms. The van der Waals surface area contributed by atoms with Gasteiger partial charge in [-0.25, -0.2) is 0 Å². The van der Waals surface area contributed by atoms with Crippen LogP contribution in [0.25, 0.3) is 0 Å². The van der Waals surface area contributed by atoms with E-state index in [0.717, 1.165) is 25.7 Å². The highest BCUT2D eigenvalue weighted by molar-refractivity contribution is 5.96. The van der Waals surface area contributed by atoms with Gasteiger partial charge in [-0.1, -0.05) is 24.9 Å². The van der Waals surface area contributed by atoms with Crippen molar-refractivity contribution in [2.45, 2.75) is 71.8 Å². The summed E-state index contributed by atoms with van der Waals surface area (Å²) >= 11 is 0. The molecule has 1 aliphatic carbocycles. The van der Waals surface area contributed by atoms with E-state index in [-0.39, 0.29) is 11.8 Å². The molecule has 0 unspecified atom stereocenters. The van der Waals surface area contributed by atoms with Crippen LogP contribution < -0.4 is 5.32 Å². The first-order chi connectivity index (χ1) is 11.9. The summed E-state index contributed by atoms with van der Waals surface area (Å²) in [7, 11) is 0. The van der Waals surface area contributed by atoms with E-state index in [1.807, 2.05) is 13.8 Å². The fraction of sp³-hybridized carbons (Fsp3) is 0.737. The highest BCUT2D eigenvalue weighted by atomic mass is 16.5. The summed E-state index contributed by atoms with van der Waals surface area (Å²) in [6, 6.07) is 0.308. The molecule has 1 N–H and O–H groups in total. The van der Waals surface area contributed by atoms with Crippen LogP contribution in [0.2, 0.25) is 0 Å². The first-order valence-corrected chi connectivity index (χ1v) is 9.50. The molecule has 2 aliphatic rings. The fourth-order valence-corrected chi connectivity index (χ4v) is 4.12. The van der Waals surface area contributed by atoms with Gasteiger partial charge in [0.1, 0.15) is 11.3 Å². The van der Waals surface area contributed by atoms with E-state index in [1.54, 1.807) is 11.8 Å². The van der Waals surface area contributed by atoms with Crippen molar-refractivity contribution >= 4 is 11.8 Å². The van der Waals surface area contributed by atoms with Crippen LogP contribution in [0.1, 0.15) is 74.2 Å². The number of carbonyl (C=O) groups is 2. The molecule has 1 aromatic heterocycles. The van der Waals surface area contributed by atoms with E-state index in [2.05, 4.69) is 10.5 Å². The summed E-state index contributed by atoms with van der Waals surface area (Å²) in [4.78, 5) is 27.7. The Bertz CT molecular complexity index is 648. The van der Waals surface area contributed by atoms with Crippen molar-refractivity contribution in [2.75, 3.05) is 13.1 Å². The van der Waals surface area contributed by atoms with Crippen LogP contribution in [0.4, 0.5) is 0 Å². The zero-order valence-electron chi connectivity index (χ0n) is 15.6. The zero-order chi connectivity index (χ0) is 18.0. The summed E-state index contributed by atoms with van der Waals surface area (Å²) in [5, 5.41) is 7.20. The van der Waals surface area contributed by atoms with Crippen molar-refractivity contribution < 1.29 is 14.1 Å². The molecule has 1 aromatic rings. The second-order valence-electron chi connectivity index (χ2n) is 7.76. The summed E-state index contributed by atoms with van der Waals surface area (Å²) in [5.41, 5.74) is 0.752. The quantitative estimate of drug-likeness (QED) is 0.909. The van der Waals surface area contributed by atoms with Gasteiger partial charge < -0.3 is 14.7 Å². The number of aromatic nitrogens is 1. The lowest BCUT2D eigenvalue weighted by atomic mass is 9.80. The maximum Gasteiger partial charge on any atom is 0.259 e. The van der Waals surface area contributed by atoms with Gasteiger partial charge in [-0.3, -0.25) is 9.59 Å². The number of nitrogens with zero attached hydrogens (tertiary/aromatic N) is 2. The van der Waals surface area contributed by atoms with Gasteiger partial charge in [-0.2, -0.15) is 0 Å². The molecular formula is C19H29N3O3. The van der Waals surface area contributed by atoms with E-state index >= 15 is 0 Å². The van der Waals surface area contributed by atoms with Gasteiger partial charge >= 0.3 is 0 Å². The molecule has 25 heavy (non-hydrogen) atoms. The fourth-order valence-electron chi connectivity index (χ4n) is 4.12. The molecule has 2 amide bonds. The van der Waals surface area contributed by atoms with Crippen molar-refractivity contribution in [3.8, 4) is 0 Å². The number of amides is 2. The van der Waals surface area contributed by atoms with Gasteiger partial charge in [-0.05, 0) is 46.0 Å². The van der Waals surface area contributed by atoms with Crippen molar-refractivity contribution in [3.63, 3.8) is 0 Å². The number of nitrogens with one attached hydrogen (secondary N) is 1. The molecule has 1 saturated carbocycles. The van der Waals surface area contributed by atoms with E-state index in [0.29, 0.717) is 42.6 Å². The summed E-state index contributed by atoms with van der Waals surface area (Å²) in [6.45, 7) is 6.85. The SMILES string of the molecule is CCc1noc(C)c1C(=O)N1CCC[C@@](C)(C(=O)NC2CCCC2)C1. The Morgan fingerprint density at radius 1 is 1.32 bits per heavy atom. The van der Waals surface area contributed by atoms with Crippen LogP contribution >= 0.6 is 0 Å². The molecule has 0 aromatic carbocycles. The monoisotopic (exact) mass is 347 g/mol. The lowest BCUT2D eigenvalue weighted by molar-refractivity contribution is -0.133. The van der Waals surface area contributed by atoms with Gasteiger partial charge in [0, 0.05) is 19.1 Å². The maximum absolute atomic E-state index is 13.0. The Morgan fingerprint density at radius 3 is 2.72 bits per heavy atom. The molecular weight excluding hydrogens is 318 g/mol. The third-order valence-corrected chi connectivity index (χ3v) is 5.70. The topological polar surface area (TPSA) is 75.4 Å². The van der Waals surface area contributed by atoms with E-state index < -0.39 is 5.41 Å². The van der Waals surface area contributed by atoms with Crippen molar-refractivity contribution in [1.82, 2.24) is 15.4 Å². The smallest absolute Gasteiger partial charge is 0.259 e. The van der Waals surface area contributed by atoms with E-state index in [9.17, 15) is 9.59 Å². The van der Waals surface area contributed by atoms with Crippen LogP contribution in [0.5, 0.6) is 0 Å². The van der Waals surface area contributed by atoms with Crippen molar-refractivity contribution in [1.29, 1.82) is 0 Å². The Kier molecular flexibility index (Phi) is 5.16. The standard InChI is InChI=1S/C19H29N3O3/c1-4-15-16(13(2)25-21-15)17(23)22-11-7-10-19(3,12-22)18(24)20-14-8-5-6-9-14/h14H,4-12H2,1-3H3,(H,20,24)/t19-/m1/s1. The molecule has 2 fully saturated rings. The molecule has 0 radical (unpaired) electrons. The molecule has 1 saturated heterocycles. The number of carbonyl (C=O) groups excluding carboxylic acids is 2. The molecule has 0 bridgehead atoms. The zero-order valence-corrected chi connectivity index (χ0v) is 15.6. The average Bonchev–Trinajstić information content (AvgIpc) is 3.23. The summed E-state index contributed by atoms with van der Waals surface area (Å²) in [6.07, 6.45) is 6.85. The first-order valence-electron chi connectivity index (χ1n) is 9.50. The van der Waals surface area contributed by atoms with Gasteiger partial charge in [0.25, 0.3) is 5.91 Å². The highest BCUT2D eigenvalue weighted by Crippen LogP contribution is 2.32. The Morgan fingerprint density at radius 2 is 2.04 bits per heavy atom. The number of hydrogen-bond donors (Lipinski definition) is 1. The molecule has 6 heteroatoms. The Hall–Kier alpha value is -1.85. The number of hydrogen-bond acceptors (Lipinski definition) is 4. The maximum atomic E-state index is 13.0. The number of likely N-dealkylation sites (tertiary alicyclic amines) is 1. The van der Waals surface area contributed by atoms with Crippen LogP contribution in [0.15, 0.2) is 4.52 Å². The van der Waals surface area contributed by atoms with Crippen molar-refractivity contribution in [2.24, 2.45) is 5.41 Å². The minimum atomic E-state index is -0.520. The summed E-state index contributed by atoms with van der Waals surface area (Å²) < 4.78 is 5.21. The lowest BCUT2D eigenvalue weighted by Gasteiger charge is -2.39.